The SMILES string of the molecule is CC(C)(C)OC(=O)Nc1ncnc2c1ncn2Cc1c(OCCC[C@@H](NC(=O)OC(C)(C)C)C(=O)O)ccc(Cl)c1Cl. The fraction of sp³-hybridized carbons (Fsp3) is 0.481. The van der Waals surface area contributed by atoms with Crippen LogP contribution in [0.2, 0.25) is 10.0 Å². The highest BCUT2D eigenvalue weighted by Crippen LogP contribution is 2.34. The second-order valence-electron chi connectivity index (χ2n) is 11.3. The number of benzene rings is 1. The van der Waals surface area contributed by atoms with Crippen molar-refractivity contribution in [3.8, 4) is 5.75 Å². The van der Waals surface area contributed by atoms with E-state index in [-0.39, 0.29) is 30.4 Å². The lowest BCUT2D eigenvalue weighted by molar-refractivity contribution is -0.139. The predicted octanol–water partition coefficient (Wildman–Crippen LogP) is 5.67. The lowest BCUT2D eigenvalue weighted by Crippen LogP contribution is -2.43. The van der Waals surface area contributed by atoms with E-state index in [9.17, 15) is 19.5 Å². The third kappa shape index (κ3) is 9.35. The highest BCUT2D eigenvalue weighted by atomic mass is 35.5. The van der Waals surface area contributed by atoms with Gasteiger partial charge in [0.25, 0.3) is 0 Å². The number of aliphatic carboxylic acids is 1. The number of halogens is 2. The molecule has 3 N–H and O–H groups in total. The van der Waals surface area contributed by atoms with Gasteiger partial charge in [0.1, 0.15) is 29.3 Å². The Morgan fingerprint density at radius 3 is 2.31 bits per heavy atom. The maximum atomic E-state index is 12.3. The predicted molar refractivity (Wildman–Crippen MR) is 156 cm³/mol. The van der Waals surface area contributed by atoms with Crippen molar-refractivity contribution < 1.29 is 33.7 Å². The van der Waals surface area contributed by atoms with Gasteiger partial charge < -0.3 is 29.2 Å². The van der Waals surface area contributed by atoms with E-state index in [4.69, 9.17) is 37.4 Å². The molecule has 2 amide bonds. The van der Waals surface area contributed by atoms with Crippen molar-refractivity contribution in [2.45, 2.75) is 78.2 Å². The molecule has 0 saturated heterocycles. The van der Waals surface area contributed by atoms with Crippen LogP contribution in [0.3, 0.4) is 0 Å². The van der Waals surface area contributed by atoms with E-state index in [2.05, 4.69) is 25.6 Å². The Hall–Kier alpha value is -3.84. The van der Waals surface area contributed by atoms with Crippen LogP contribution in [0.1, 0.15) is 59.9 Å². The van der Waals surface area contributed by atoms with Crippen LogP contribution in [-0.4, -0.2) is 66.6 Å². The maximum absolute atomic E-state index is 12.3. The zero-order valence-electron chi connectivity index (χ0n) is 24.2. The van der Waals surface area contributed by atoms with Crippen LogP contribution < -0.4 is 15.4 Å². The van der Waals surface area contributed by atoms with Crippen molar-refractivity contribution in [3.05, 3.63) is 40.4 Å². The minimum absolute atomic E-state index is 0.0989. The molecule has 1 aromatic carbocycles. The first-order chi connectivity index (χ1) is 19.5. The number of carbonyl (C=O) groups is 3. The Morgan fingerprint density at radius 1 is 1.00 bits per heavy atom. The number of amides is 2. The minimum Gasteiger partial charge on any atom is -0.493 e. The summed E-state index contributed by atoms with van der Waals surface area (Å²) in [5, 5.41) is 15.0. The summed E-state index contributed by atoms with van der Waals surface area (Å²) in [6.45, 7) is 10.6. The van der Waals surface area contributed by atoms with E-state index in [1.165, 1.54) is 12.7 Å². The van der Waals surface area contributed by atoms with Crippen molar-refractivity contribution in [3.63, 3.8) is 0 Å². The molecule has 3 rings (SSSR count). The van der Waals surface area contributed by atoms with Gasteiger partial charge in [-0.2, -0.15) is 0 Å². The number of ether oxygens (including phenoxy) is 3. The summed E-state index contributed by atoms with van der Waals surface area (Å²) in [7, 11) is 0. The van der Waals surface area contributed by atoms with Crippen LogP contribution in [0.4, 0.5) is 15.4 Å². The molecule has 2 heterocycles. The number of carbonyl (C=O) groups excluding carboxylic acids is 2. The number of hydrogen-bond donors (Lipinski definition) is 3. The van der Waals surface area contributed by atoms with E-state index in [0.717, 1.165) is 0 Å². The summed E-state index contributed by atoms with van der Waals surface area (Å²) in [6, 6.07) is 2.09. The summed E-state index contributed by atoms with van der Waals surface area (Å²) < 4.78 is 18.1. The fourth-order valence-electron chi connectivity index (χ4n) is 3.69. The standard InChI is InChI=1S/C27H34Cl2N6O7/c1-26(2,3)41-24(38)33-17(23(36)37)8-7-11-40-18-10-9-16(28)19(29)15(18)12-35-14-32-20-21(30-13-31-22(20)35)34-25(39)42-27(4,5)6/h9-10,13-14,17H,7-8,11-12H2,1-6H3,(H,33,38)(H,36,37)(H,30,31,34,39)/t17-/m1/s1. The number of anilines is 1. The smallest absolute Gasteiger partial charge is 0.413 e. The summed E-state index contributed by atoms with van der Waals surface area (Å²) in [5.74, 6) is -0.598. The molecule has 0 radical (unpaired) electrons. The quantitative estimate of drug-likeness (QED) is 0.239. The molecule has 15 heteroatoms. The summed E-state index contributed by atoms with van der Waals surface area (Å²) in [5.41, 5.74) is -0.177. The molecule has 0 aliphatic carbocycles. The van der Waals surface area contributed by atoms with Crippen LogP contribution >= 0.6 is 23.2 Å². The number of rotatable bonds is 10. The van der Waals surface area contributed by atoms with Gasteiger partial charge in [0, 0.05) is 5.56 Å². The molecular formula is C27H34Cl2N6O7. The third-order valence-corrected chi connectivity index (χ3v) is 6.23. The Labute approximate surface area is 252 Å². The number of nitrogens with one attached hydrogen (secondary N) is 2. The summed E-state index contributed by atoms with van der Waals surface area (Å²) in [6.07, 6.45) is 1.70. The minimum atomic E-state index is -1.19. The van der Waals surface area contributed by atoms with Crippen molar-refractivity contribution in [1.82, 2.24) is 24.8 Å². The lowest BCUT2D eigenvalue weighted by atomic mass is 10.1. The van der Waals surface area contributed by atoms with Gasteiger partial charge in [-0.25, -0.2) is 29.3 Å². The number of fused-ring (bicyclic) bond motifs is 1. The Kier molecular flexibility index (Phi) is 10.4. The molecule has 228 valence electrons. The highest BCUT2D eigenvalue weighted by molar-refractivity contribution is 6.42. The summed E-state index contributed by atoms with van der Waals surface area (Å²) >= 11 is 12.8. The average Bonchev–Trinajstić information content (AvgIpc) is 3.26. The van der Waals surface area contributed by atoms with Crippen LogP contribution in [0.25, 0.3) is 11.2 Å². The van der Waals surface area contributed by atoms with E-state index in [1.54, 1.807) is 58.2 Å². The zero-order valence-corrected chi connectivity index (χ0v) is 25.7. The first-order valence-corrected chi connectivity index (χ1v) is 13.8. The Balaban J connectivity index is 1.72. The highest BCUT2D eigenvalue weighted by Gasteiger charge is 2.24. The molecule has 0 unspecified atom stereocenters. The van der Waals surface area contributed by atoms with Crippen LogP contribution in [0.15, 0.2) is 24.8 Å². The van der Waals surface area contributed by atoms with Gasteiger partial charge in [-0.15, -0.1) is 0 Å². The van der Waals surface area contributed by atoms with Gasteiger partial charge in [-0.3, -0.25) is 5.32 Å². The molecule has 0 fully saturated rings. The van der Waals surface area contributed by atoms with Crippen molar-refractivity contribution in [1.29, 1.82) is 0 Å². The first-order valence-electron chi connectivity index (χ1n) is 13.0. The van der Waals surface area contributed by atoms with Gasteiger partial charge in [0.05, 0.1) is 29.5 Å². The number of nitrogens with zero attached hydrogens (tertiary/aromatic N) is 4. The number of carboxylic acid groups (broad SMARTS) is 1. The van der Waals surface area contributed by atoms with Crippen molar-refractivity contribution >= 4 is 58.3 Å². The summed E-state index contributed by atoms with van der Waals surface area (Å²) in [4.78, 5) is 48.7. The van der Waals surface area contributed by atoms with E-state index >= 15 is 0 Å². The van der Waals surface area contributed by atoms with Crippen molar-refractivity contribution in [2.75, 3.05) is 11.9 Å². The number of hydrogen-bond acceptors (Lipinski definition) is 9. The monoisotopic (exact) mass is 624 g/mol. The molecule has 3 aromatic rings. The number of alkyl carbamates (subject to hydrolysis) is 1. The van der Waals surface area contributed by atoms with Gasteiger partial charge >= 0.3 is 18.2 Å². The average molecular weight is 626 g/mol. The lowest BCUT2D eigenvalue weighted by Gasteiger charge is -2.22. The van der Waals surface area contributed by atoms with Crippen LogP contribution in [0.5, 0.6) is 5.75 Å². The number of carboxylic acids is 1. The third-order valence-electron chi connectivity index (χ3n) is 5.39. The molecule has 42 heavy (non-hydrogen) atoms. The Morgan fingerprint density at radius 2 is 1.67 bits per heavy atom. The topological polar surface area (TPSA) is 167 Å². The normalized spacial score (nSPS) is 12.5. The first kappa shape index (κ1) is 32.7. The van der Waals surface area contributed by atoms with E-state index < -0.39 is 35.4 Å². The molecule has 0 saturated carbocycles. The van der Waals surface area contributed by atoms with Crippen molar-refractivity contribution in [2.24, 2.45) is 0 Å². The Bertz CT molecular complexity index is 1450. The molecule has 0 aliphatic rings. The number of aromatic nitrogens is 4. The second kappa shape index (κ2) is 13.4. The molecule has 2 aromatic heterocycles. The molecule has 13 nitrogen and oxygen atoms in total. The van der Waals surface area contributed by atoms with Gasteiger partial charge in [0.15, 0.2) is 17.0 Å². The second-order valence-corrected chi connectivity index (χ2v) is 12.0. The van der Waals surface area contributed by atoms with Gasteiger partial charge in [0.2, 0.25) is 0 Å². The number of imidazole rings is 1. The van der Waals surface area contributed by atoms with Crippen LogP contribution in [0, 0.1) is 0 Å². The maximum Gasteiger partial charge on any atom is 0.413 e. The largest absolute Gasteiger partial charge is 0.493 e. The molecule has 1 atom stereocenters. The van der Waals surface area contributed by atoms with E-state index in [1.807, 2.05) is 0 Å². The van der Waals surface area contributed by atoms with Gasteiger partial charge in [-0.1, -0.05) is 23.2 Å². The van der Waals surface area contributed by atoms with Crippen LogP contribution in [-0.2, 0) is 20.8 Å². The molecule has 0 spiro atoms. The molecule has 0 aliphatic heterocycles. The molecular weight excluding hydrogens is 591 g/mol. The van der Waals surface area contributed by atoms with E-state index in [0.29, 0.717) is 33.9 Å². The van der Waals surface area contributed by atoms with Gasteiger partial charge in [-0.05, 0) is 66.5 Å². The molecule has 0 bridgehead atoms. The fourth-order valence-corrected chi connectivity index (χ4v) is 4.09. The zero-order chi connectivity index (χ0) is 31.2.